The number of para-hydroxylation sites is 1. The Balaban J connectivity index is 2.10. The summed E-state index contributed by atoms with van der Waals surface area (Å²) in [5, 5.41) is 0. The van der Waals surface area contributed by atoms with Crippen LogP contribution in [0, 0.1) is 5.82 Å². The van der Waals surface area contributed by atoms with Gasteiger partial charge in [-0.05, 0) is 29.8 Å². The molecule has 0 bridgehead atoms. The highest BCUT2D eigenvalue weighted by atomic mass is 79.9. The van der Waals surface area contributed by atoms with Gasteiger partial charge in [-0.25, -0.2) is 4.39 Å². The number of ketones is 1. The lowest BCUT2D eigenvalue weighted by atomic mass is 9.99. The van der Waals surface area contributed by atoms with Crippen LogP contribution in [0.15, 0.2) is 40.9 Å². The molecule has 0 saturated carbocycles. The fourth-order valence-electron chi connectivity index (χ4n) is 2.21. The molecule has 0 atom stereocenters. The van der Waals surface area contributed by atoms with Crippen molar-refractivity contribution in [3.05, 3.63) is 63.4 Å². The molecule has 1 heterocycles. The molecule has 0 N–H and O–H groups in total. The van der Waals surface area contributed by atoms with Crippen molar-refractivity contribution in [1.82, 2.24) is 0 Å². The standard InChI is InChI=1S/C15H10BrFO2/c16-10-4-5-13(17)12(8-10)14(18)11-3-1-2-9-6-7-19-15(9)11/h1-5,8H,6-7H2. The van der Waals surface area contributed by atoms with Crippen LogP contribution in [0.1, 0.15) is 21.5 Å². The maximum Gasteiger partial charge on any atom is 0.199 e. The summed E-state index contributed by atoms with van der Waals surface area (Å²) in [7, 11) is 0. The third-order valence-electron chi connectivity index (χ3n) is 3.13. The Labute approximate surface area is 118 Å². The molecule has 1 aliphatic heterocycles. The SMILES string of the molecule is O=C(c1cc(Br)ccc1F)c1cccc2c1OCC2. The minimum Gasteiger partial charge on any atom is -0.492 e. The van der Waals surface area contributed by atoms with Crippen LogP contribution in [-0.2, 0) is 6.42 Å². The number of rotatable bonds is 2. The van der Waals surface area contributed by atoms with Crippen molar-refractivity contribution in [1.29, 1.82) is 0 Å². The van der Waals surface area contributed by atoms with Crippen LogP contribution in [0.2, 0.25) is 0 Å². The first kappa shape index (κ1) is 12.4. The number of ether oxygens (including phenoxy) is 1. The quantitative estimate of drug-likeness (QED) is 0.788. The Kier molecular flexibility index (Phi) is 3.11. The van der Waals surface area contributed by atoms with E-state index in [1.54, 1.807) is 18.2 Å². The van der Waals surface area contributed by atoms with Gasteiger partial charge in [-0.2, -0.15) is 0 Å². The molecule has 0 unspecified atom stereocenters. The maximum absolute atomic E-state index is 13.8. The molecular weight excluding hydrogens is 311 g/mol. The molecule has 0 spiro atoms. The lowest BCUT2D eigenvalue weighted by Gasteiger charge is -2.08. The zero-order chi connectivity index (χ0) is 13.4. The van der Waals surface area contributed by atoms with Crippen LogP contribution in [-0.4, -0.2) is 12.4 Å². The number of fused-ring (bicyclic) bond motifs is 1. The normalized spacial score (nSPS) is 12.9. The fraction of sp³-hybridized carbons (Fsp3) is 0.133. The van der Waals surface area contributed by atoms with Crippen LogP contribution in [0.3, 0.4) is 0 Å². The van der Waals surface area contributed by atoms with E-state index < -0.39 is 5.82 Å². The van der Waals surface area contributed by atoms with Crippen LogP contribution in [0.25, 0.3) is 0 Å². The number of hydrogen-bond donors (Lipinski definition) is 0. The Bertz CT molecular complexity index is 667. The summed E-state index contributed by atoms with van der Waals surface area (Å²) in [6.45, 7) is 0.570. The number of halogens is 2. The zero-order valence-corrected chi connectivity index (χ0v) is 11.5. The monoisotopic (exact) mass is 320 g/mol. The highest BCUT2D eigenvalue weighted by Gasteiger charge is 2.23. The molecule has 0 fully saturated rings. The minimum atomic E-state index is -0.524. The second-order valence-electron chi connectivity index (χ2n) is 4.35. The lowest BCUT2D eigenvalue weighted by molar-refractivity contribution is 0.103. The fourth-order valence-corrected chi connectivity index (χ4v) is 2.57. The van der Waals surface area contributed by atoms with Crippen molar-refractivity contribution >= 4 is 21.7 Å². The van der Waals surface area contributed by atoms with E-state index in [4.69, 9.17) is 4.74 Å². The molecule has 0 radical (unpaired) electrons. The average molecular weight is 321 g/mol. The van der Waals surface area contributed by atoms with E-state index in [1.165, 1.54) is 12.1 Å². The van der Waals surface area contributed by atoms with E-state index in [0.717, 1.165) is 12.0 Å². The minimum absolute atomic E-state index is 0.0540. The van der Waals surface area contributed by atoms with Gasteiger partial charge in [0.05, 0.1) is 17.7 Å². The number of benzene rings is 2. The molecule has 0 amide bonds. The summed E-state index contributed by atoms with van der Waals surface area (Å²) in [4.78, 5) is 12.4. The zero-order valence-electron chi connectivity index (χ0n) is 9.95. The molecule has 1 aliphatic rings. The van der Waals surface area contributed by atoms with Crippen molar-refractivity contribution < 1.29 is 13.9 Å². The van der Waals surface area contributed by atoms with Crippen LogP contribution in [0.5, 0.6) is 5.75 Å². The van der Waals surface area contributed by atoms with Gasteiger partial charge in [-0.1, -0.05) is 28.1 Å². The molecule has 2 aromatic carbocycles. The molecule has 0 saturated heterocycles. The van der Waals surface area contributed by atoms with Gasteiger partial charge < -0.3 is 4.74 Å². The van der Waals surface area contributed by atoms with Crippen molar-refractivity contribution in [3.8, 4) is 5.75 Å². The van der Waals surface area contributed by atoms with E-state index in [9.17, 15) is 9.18 Å². The third kappa shape index (κ3) is 2.16. The first-order valence-electron chi connectivity index (χ1n) is 5.91. The molecule has 2 nitrogen and oxygen atoms in total. The van der Waals surface area contributed by atoms with E-state index >= 15 is 0 Å². The van der Waals surface area contributed by atoms with Gasteiger partial charge in [0.1, 0.15) is 11.6 Å². The highest BCUT2D eigenvalue weighted by Crippen LogP contribution is 2.31. The Morgan fingerprint density at radius 3 is 2.89 bits per heavy atom. The summed E-state index contributed by atoms with van der Waals surface area (Å²) >= 11 is 3.25. The summed E-state index contributed by atoms with van der Waals surface area (Å²) in [5.41, 5.74) is 1.48. The largest absolute Gasteiger partial charge is 0.492 e. The van der Waals surface area contributed by atoms with Gasteiger partial charge in [0.15, 0.2) is 5.78 Å². The second kappa shape index (κ2) is 4.78. The molecule has 0 aromatic heterocycles. The summed E-state index contributed by atoms with van der Waals surface area (Å²) in [6.07, 6.45) is 0.789. The maximum atomic E-state index is 13.8. The third-order valence-corrected chi connectivity index (χ3v) is 3.63. The first-order valence-corrected chi connectivity index (χ1v) is 6.70. The van der Waals surface area contributed by atoms with Gasteiger partial charge in [0.2, 0.25) is 0 Å². The highest BCUT2D eigenvalue weighted by molar-refractivity contribution is 9.10. The summed E-state index contributed by atoms with van der Waals surface area (Å²) in [5.74, 6) is -0.284. The molecule has 4 heteroatoms. The van der Waals surface area contributed by atoms with Gasteiger partial charge in [-0.15, -0.1) is 0 Å². The van der Waals surface area contributed by atoms with E-state index in [1.807, 2.05) is 6.07 Å². The van der Waals surface area contributed by atoms with E-state index in [2.05, 4.69) is 15.9 Å². The molecule has 19 heavy (non-hydrogen) atoms. The average Bonchev–Trinajstić information content (AvgIpc) is 2.89. The first-order chi connectivity index (χ1) is 9.16. The lowest BCUT2D eigenvalue weighted by Crippen LogP contribution is -2.06. The van der Waals surface area contributed by atoms with Crippen LogP contribution in [0.4, 0.5) is 4.39 Å². The molecule has 2 aromatic rings. The van der Waals surface area contributed by atoms with Gasteiger partial charge in [-0.3, -0.25) is 4.79 Å². The predicted molar refractivity (Wildman–Crippen MR) is 73.2 cm³/mol. The molecular formula is C15H10BrFO2. The van der Waals surface area contributed by atoms with Gasteiger partial charge in [0.25, 0.3) is 0 Å². The van der Waals surface area contributed by atoms with Crippen molar-refractivity contribution in [2.45, 2.75) is 6.42 Å². The van der Waals surface area contributed by atoms with Gasteiger partial charge in [0, 0.05) is 10.9 Å². The smallest absolute Gasteiger partial charge is 0.199 e. The number of carbonyl (C=O) groups is 1. The predicted octanol–water partition coefficient (Wildman–Crippen LogP) is 3.75. The number of hydrogen-bond acceptors (Lipinski definition) is 2. The summed E-state index contributed by atoms with van der Waals surface area (Å²) < 4.78 is 19.9. The topological polar surface area (TPSA) is 26.3 Å². The van der Waals surface area contributed by atoms with Gasteiger partial charge >= 0.3 is 0 Å². The van der Waals surface area contributed by atoms with E-state index in [0.29, 0.717) is 22.4 Å². The molecule has 0 aliphatic carbocycles. The number of carbonyl (C=O) groups excluding carboxylic acids is 1. The Morgan fingerprint density at radius 1 is 1.21 bits per heavy atom. The Hall–Kier alpha value is -1.68. The van der Waals surface area contributed by atoms with Crippen LogP contribution < -0.4 is 4.74 Å². The summed E-state index contributed by atoms with van der Waals surface area (Å²) in [6, 6.07) is 9.74. The molecule has 3 rings (SSSR count). The van der Waals surface area contributed by atoms with Crippen molar-refractivity contribution in [3.63, 3.8) is 0 Å². The van der Waals surface area contributed by atoms with Crippen LogP contribution >= 0.6 is 15.9 Å². The van der Waals surface area contributed by atoms with Crippen molar-refractivity contribution in [2.24, 2.45) is 0 Å². The second-order valence-corrected chi connectivity index (χ2v) is 5.26. The molecule has 96 valence electrons. The Morgan fingerprint density at radius 2 is 2.05 bits per heavy atom. The van der Waals surface area contributed by atoms with E-state index in [-0.39, 0.29) is 11.3 Å². The van der Waals surface area contributed by atoms with Crippen molar-refractivity contribution in [2.75, 3.05) is 6.61 Å².